The highest BCUT2D eigenvalue weighted by molar-refractivity contribution is 7.15. The minimum atomic E-state index is -0.933. The minimum absolute atomic E-state index is 0.466. The molecule has 0 aliphatic heterocycles. The molecule has 1 unspecified atom stereocenters. The third-order valence-corrected chi connectivity index (χ3v) is 4.67. The number of aromatic nitrogens is 3. The molecule has 116 valence electrons. The highest BCUT2D eigenvalue weighted by atomic mass is 32.1. The molecule has 0 fully saturated rings. The van der Waals surface area contributed by atoms with Gasteiger partial charge in [-0.15, -0.1) is 11.3 Å². The molecule has 0 saturated carbocycles. The summed E-state index contributed by atoms with van der Waals surface area (Å²) in [5, 5.41) is 18.9. The number of hydrogen-bond acceptors (Lipinski definition) is 6. The lowest BCUT2D eigenvalue weighted by molar-refractivity contribution is 0.0566. The van der Waals surface area contributed by atoms with Gasteiger partial charge in [-0.1, -0.05) is 0 Å². The van der Waals surface area contributed by atoms with Crippen LogP contribution in [0.3, 0.4) is 0 Å². The summed E-state index contributed by atoms with van der Waals surface area (Å²) in [6.07, 6.45) is 3.54. The molecule has 0 aliphatic carbocycles. The van der Waals surface area contributed by atoms with Crippen LogP contribution in [0.15, 0.2) is 12.4 Å². The molecule has 0 spiro atoms. The lowest BCUT2D eigenvalue weighted by Gasteiger charge is -2.22. The summed E-state index contributed by atoms with van der Waals surface area (Å²) in [4.78, 5) is 7.72. The van der Waals surface area contributed by atoms with E-state index in [1.165, 1.54) is 4.88 Å². The molecule has 2 aromatic heterocycles. The maximum Gasteiger partial charge on any atom is 0.185 e. The van der Waals surface area contributed by atoms with E-state index in [0.29, 0.717) is 13.1 Å². The van der Waals surface area contributed by atoms with E-state index in [-0.39, 0.29) is 0 Å². The first kappa shape index (κ1) is 15.9. The zero-order valence-electron chi connectivity index (χ0n) is 13.2. The Labute approximate surface area is 129 Å². The normalized spacial score (nSPS) is 14.2. The second-order valence-electron chi connectivity index (χ2n) is 5.68. The van der Waals surface area contributed by atoms with Crippen molar-refractivity contribution in [1.29, 1.82) is 0 Å². The molecule has 1 atom stereocenters. The summed E-state index contributed by atoms with van der Waals surface area (Å²) in [7, 11) is 5.82. The summed E-state index contributed by atoms with van der Waals surface area (Å²) < 4.78 is 1.69. The van der Waals surface area contributed by atoms with Crippen LogP contribution in [0.5, 0.6) is 0 Å². The Bertz CT molecular complexity index is 602. The standard InChI is InChI=1S/C14H23N5OS/c1-10-12(21-13(17-10)18(3)4)7-15-9-14(2,20)11-6-16-19(5)8-11/h6,8,15,20H,7,9H2,1-5H3. The molecule has 0 radical (unpaired) electrons. The second-order valence-corrected chi connectivity index (χ2v) is 6.74. The molecular formula is C14H23N5OS. The number of aryl methyl sites for hydroxylation is 2. The zero-order chi connectivity index (χ0) is 15.6. The zero-order valence-corrected chi connectivity index (χ0v) is 14.0. The van der Waals surface area contributed by atoms with Crippen LogP contribution in [-0.4, -0.2) is 40.5 Å². The van der Waals surface area contributed by atoms with Crippen LogP contribution in [0.1, 0.15) is 23.1 Å². The van der Waals surface area contributed by atoms with E-state index in [9.17, 15) is 5.11 Å². The molecular weight excluding hydrogens is 286 g/mol. The quantitative estimate of drug-likeness (QED) is 0.841. The molecule has 0 aromatic carbocycles. The van der Waals surface area contributed by atoms with Gasteiger partial charge >= 0.3 is 0 Å². The Morgan fingerprint density at radius 2 is 2.19 bits per heavy atom. The van der Waals surface area contributed by atoms with Gasteiger partial charge in [-0.3, -0.25) is 4.68 Å². The van der Waals surface area contributed by atoms with Crippen molar-refractivity contribution < 1.29 is 5.11 Å². The summed E-state index contributed by atoms with van der Waals surface area (Å²) in [6, 6.07) is 0. The number of rotatable bonds is 6. The molecule has 7 heteroatoms. The molecule has 21 heavy (non-hydrogen) atoms. The van der Waals surface area contributed by atoms with Gasteiger partial charge in [0, 0.05) is 50.9 Å². The van der Waals surface area contributed by atoms with Crippen LogP contribution < -0.4 is 10.2 Å². The van der Waals surface area contributed by atoms with Gasteiger partial charge in [0.2, 0.25) is 0 Å². The van der Waals surface area contributed by atoms with Crippen molar-refractivity contribution >= 4 is 16.5 Å². The predicted octanol–water partition coefficient (Wildman–Crippen LogP) is 1.25. The first-order valence-electron chi connectivity index (χ1n) is 6.85. The number of aliphatic hydroxyl groups is 1. The number of hydrogen-bond donors (Lipinski definition) is 2. The van der Waals surface area contributed by atoms with E-state index in [1.807, 2.05) is 39.2 Å². The maximum absolute atomic E-state index is 10.5. The van der Waals surface area contributed by atoms with E-state index in [0.717, 1.165) is 16.4 Å². The van der Waals surface area contributed by atoms with E-state index in [4.69, 9.17) is 0 Å². The van der Waals surface area contributed by atoms with Crippen molar-refractivity contribution in [2.24, 2.45) is 7.05 Å². The van der Waals surface area contributed by atoms with Gasteiger partial charge in [0.1, 0.15) is 5.60 Å². The van der Waals surface area contributed by atoms with Crippen LogP contribution in [0.25, 0.3) is 0 Å². The van der Waals surface area contributed by atoms with Crippen LogP contribution >= 0.6 is 11.3 Å². The van der Waals surface area contributed by atoms with Crippen molar-refractivity contribution in [2.75, 3.05) is 25.5 Å². The lowest BCUT2D eigenvalue weighted by atomic mass is 10.00. The number of nitrogens with zero attached hydrogens (tertiary/aromatic N) is 4. The highest BCUT2D eigenvalue weighted by Gasteiger charge is 2.24. The molecule has 0 saturated heterocycles. The third-order valence-electron chi connectivity index (χ3n) is 3.35. The van der Waals surface area contributed by atoms with Gasteiger partial charge in [0.05, 0.1) is 11.9 Å². The monoisotopic (exact) mass is 309 g/mol. The summed E-state index contributed by atoms with van der Waals surface area (Å²) in [6.45, 7) is 4.97. The molecule has 2 N–H and O–H groups in total. The smallest absolute Gasteiger partial charge is 0.185 e. The lowest BCUT2D eigenvalue weighted by Crippen LogP contribution is -2.34. The Morgan fingerprint density at radius 3 is 2.71 bits per heavy atom. The van der Waals surface area contributed by atoms with Gasteiger partial charge < -0.3 is 15.3 Å². The number of anilines is 1. The Morgan fingerprint density at radius 1 is 1.48 bits per heavy atom. The summed E-state index contributed by atoms with van der Waals surface area (Å²) in [5.74, 6) is 0. The Balaban J connectivity index is 1.95. The fraction of sp³-hybridized carbons (Fsp3) is 0.571. The highest BCUT2D eigenvalue weighted by Crippen LogP contribution is 2.25. The van der Waals surface area contributed by atoms with Crippen molar-refractivity contribution in [1.82, 2.24) is 20.1 Å². The number of thiazole rings is 1. The summed E-state index contributed by atoms with van der Waals surface area (Å²) >= 11 is 1.67. The fourth-order valence-corrected chi connectivity index (χ4v) is 2.94. The SMILES string of the molecule is Cc1nc(N(C)C)sc1CNCC(C)(O)c1cnn(C)c1. The van der Waals surface area contributed by atoms with Crippen LogP contribution in [-0.2, 0) is 19.2 Å². The Kier molecular flexibility index (Phi) is 4.65. The first-order valence-corrected chi connectivity index (χ1v) is 7.67. The predicted molar refractivity (Wildman–Crippen MR) is 85.7 cm³/mol. The molecule has 2 rings (SSSR count). The maximum atomic E-state index is 10.5. The largest absolute Gasteiger partial charge is 0.384 e. The van der Waals surface area contributed by atoms with Crippen molar-refractivity contribution in [2.45, 2.75) is 26.0 Å². The molecule has 6 nitrogen and oxygen atoms in total. The van der Waals surface area contributed by atoms with Crippen molar-refractivity contribution in [3.8, 4) is 0 Å². The van der Waals surface area contributed by atoms with Crippen LogP contribution in [0, 0.1) is 6.92 Å². The van der Waals surface area contributed by atoms with Crippen LogP contribution in [0.2, 0.25) is 0 Å². The van der Waals surface area contributed by atoms with Gasteiger partial charge in [-0.2, -0.15) is 5.10 Å². The van der Waals surface area contributed by atoms with E-state index >= 15 is 0 Å². The average molecular weight is 309 g/mol. The van der Waals surface area contributed by atoms with Crippen molar-refractivity contribution in [3.05, 3.63) is 28.5 Å². The Hall–Kier alpha value is -1.44. The topological polar surface area (TPSA) is 66.2 Å². The van der Waals surface area contributed by atoms with Gasteiger partial charge in [-0.05, 0) is 13.8 Å². The average Bonchev–Trinajstić information content (AvgIpc) is 2.97. The van der Waals surface area contributed by atoms with E-state index in [2.05, 4.69) is 15.4 Å². The molecule has 2 heterocycles. The molecule has 2 aromatic rings. The van der Waals surface area contributed by atoms with Gasteiger partial charge in [0.15, 0.2) is 5.13 Å². The first-order chi connectivity index (χ1) is 9.79. The summed E-state index contributed by atoms with van der Waals surface area (Å²) in [5.41, 5.74) is 0.918. The molecule has 0 bridgehead atoms. The van der Waals surface area contributed by atoms with Crippen molar-refractivity contribution in [3.63, 3.8) is 0 Å². The van der Waals surface area contributed by atoms with Gasteiger partial charge in [0.25, 0.3) is 0 Å². The minimum Gasteiger partial charge on any atom is -0.384 e. The third kappa shape index (κ3) is 3.81. The number of nitrogens with one attached hydrogen (secondary N) is 1. The van der Waals surface area contributed by atoms with Crippen LogP contribution in [0.4, 0.5) is 5.13 Å². The fourth-order valence-electron chi connectivity index (χ4n) is 1.99. The van der Waals surface area contributed by atoms with Gasteiger partial charge in [-0.25, -0.2) is 4.98 Å². The second kappa shape index (κ2) is 6.13. The van der Waals surface area contributed by atoms with E-state index < -0.39 is 5.60 Å². The van der Waals surface area contributed by atoms with E-state index in [1.54, 1.807) is 29.1 Å². The molecule has 0 amide bonds. The molecule has 0 aliphatic rings.